The molecule has 0 fully saturated rings. The van der Waals surface area contributed by atoms with Crippen molar-refractivity contribution in [3.05, 3.63) is 30.2 Å². The van der Waals surface area contributed by atoms with Crippen LogP contribution < -0.4 is 0 Å². The van der Waals surface area contributed by atoms with E-state index in [2.05, 4.69) is 4.98 Å². The smallest absolute Gasteiger partial charge is 0.236 e. The number of carbonyl (C=O) groups is 1. The normalized spacial score (nSPS) is 10.1. The Kier molecular flexibility index (Phi) is 3.06. The van der Waals surface area contributed by atoms with Gasteiger partial charge in [0.2, 0.25) is 5.91 Å². The Balaban J connectivity index is 2.12. The van der Waals surface area contributed by atoms with Gasteiger partial charge in [-0.25, -0.2) is 4.98 Å². The number of nitriles is 1. The highest BCUT2D eigenvalue weighted by Crippen LogP contribution is 2.15. The second-order valence-electron chi connectivity index (χ2n) is 3.74. The van der Waals surface area contributed by atoms with Gasteiger partial charge < -0.3 is 9.32 Å². The zero-order valence-corrected chi connectivity index (χ0v) is 9.38. The fourth-order valence-electron chi connectivity index (χ4n) is 1.56. The maximum Gasteiger partial charge on any atom is 0.236 e. The largest absolute Gasteiger partial charge is 0.443 e. The standard InChI is InChI=1S/C12H11N3O2/c1-15(12(16)4-5-13)7-9-2-3-10-11(6-9)17-8-14-10/h2-3,6,8H,4,7H2,1H3. The van der Waals surface area contributed by atoms with Crippen LogP contribution in [0.5, 0.6) is 0 Å². The summed E-state index contributed by atoms with van der Waals surface area (Å²) in [6.07, 6.45) is 1.29. The van der Waals surface area contributed by atoms with Crippen molar-refractivity contribution in [2.75, 3.05) is 7.05 Å². The lowest BCUT2D eigenvalue weighted by atomic mass is 10.2. The second kappa shape index (κ2) is 4.66. The maximum absolute atomic E-state index is 11.4. The summed E-state index contributed by atoms with van der Waals surface area (Å²) in [4.78, 5) is 17.0. The van der Waals surface area contributed by atoms with Gasteiger partial charge >= 0.3 is 0 Å². The topological polar surface area (TPSA) is 70.1 Å². The Bertz CT molecular complexity index is 583. The number of fused-ring (bicyclic) bond motifs is 1. The highest BCUT2D eigenvalue weighted by molar-refractivity contribution is 5.78. The van der Waals surface area contributed by atoms with Crippen LogP contribution >= 0.6 is 0 Å². The lowest BCUT2D eigenvalue weighted by Crippen LogP contribution is -2.25. The fraction of sp³-hybridized carbons (Fsp3) is 0.250. The van der Waals surface area contributed by atoms with Crippen LogP contribution in [0.2, 0.25) is 0 Å². The first-order valence-corrected chi connectivity index (χ1v) is 5.14. The number of hydrogen-bond acceptors (Lipinski definition) is 4. The first kappa shape index (κ1) is 11.1. The van der Waals surface area contributed by atoms with Gasteiger partial charge in [0, 0.05) is 13.6 Å². The van der Waals surface area contributed by atoms with E-state index in [1.54, 1.807) is 7.05 Å². The van der Waals surface area contributed by atoms with Crippen LogP contribution in [-0.2, 0) is 11.3 Å². The summed E-state index contributed by atoms with van der Waals surface area (Å²) in [5, 5.41) is 8.44. The van der Waals surface area contributed by atoms with Crippen LogP contribution in [0.4, 0.5) is 0 Å². The number of rotatable bonds is 3. The molecule has 1 amide bonds. The van der Waals surface area contributed by atoms with Crippen LogP contribution in [0.15, 0.2) is 29.0 Å². The number of amides is 1. The molecule has 86 valence electrons. The van der Waals surface area contributed by atoms with Gasteiger partial charge in [-0.1, -0.05) is 6.07 Å². The van der Waals surface area contributed by atoms with Gasteiger partial charge in [0.25, 0.3) is 0 Å². The summed E-state index contributed by atoms with van der Waals surface area (Å²) in [5.41, 5.74) is 2.44. The quantitative estimate of drug-likeness (QED) is 0.803. The van der Waals surface area contributed by atoms with Crippen molar-refractivity contribution in [3.8, 4) is 6.07 Å². The molecule has 2 rings (SSSR count). The Morgan fingerprint density at radius 1 is 1.59 bits per heavy atom. The molecular formula is C12H11N3O2. The first-order chi connectivity index (χ1) is 8.20. The highest BCUT2D eigenvalue weighted by Gasteiger charge is 2.09. The average molecular weight is 229 g/mol. The van der Waals surface area contributed by atoms with Gasteiger partial charge in [-0.15, -0.1) is 0 Å². The van der Waals surface area contributed by atoms with Gasteiger partial charge in [-0.3, -0.25) is 4.79 Å². The molecule has 5 nitrogen and oxygen atoms in total. The van der Waals surface area contributed by atoms with Crippen molar-refractivity contribution in [2.45, 2.75) is 13.0 Å². The summed E-state index contributed by atoms with van der Waals surface area (Å²) in [7, 11) is 1.67. The van der Waals surface area contributed by atoms with Gasteiger partial charge in [-0.05, 0) is 17.7 Å². The minimum Gasteiger partial charge on any atom is -0.443 e. The number of benzene rings is 1. The van der Waals surface area contributed by atoms with E-state index in [0.717, 1.165) is 11.1 Å². The van der Waals surface area contributed by atoms with Gasteiger partial charge in [-0.2, -0.15) is 5.26 Å². The van der Waals surface area contributed by atoms with Crippen molar-refractivity contribution in [1.82, 2.24) is 9.88 Å². The summed E-state index contributed by atoms with van der Waals surface area (Å²) in [6, 6.07) is 7.42. The van der Waals surface area contributed by atoms with Crippen LogP contribution in [0.1, 0.15) is 12.0 Å². The predicted octanol–water partition coefficient (Wildman–Crippen LogP) is 1.70. The zero-order chi connectivity index (χ0) is 12.3. The molecule has 0 unspecified atom stereocenters. The van der Waals surface area contributed by atoms with Crippen LogP contribution in [0, 0.1) is 11.3 Å². The van der Waals surface area contributed by atoms with Gasteiger partial charge in [0.15, 0.2) is 12.0 Å². The molecule has 0 spiro atoms. The van der Waals surface area contributed by atoms with Crippen LogP contribution in [-0.4, -0.2) is 22.8 Å². The summed E-state index contributed by atoms with van der Waals surface area (Å²) < 4.78 is 5.18. The van der Waals surface area contributed by atoms with Crippen molar-refractivity contribution < 1.29 is 9.21 Å². The average Bonchev–Trinajstić information content (AvgIpc) is 2.76. The molecule has 0 aliphatic heterocycles. The van der Waals surface area contributed by atoms with E-state index in [4.69, 9.17) is 9.68 Å². The fourth-order valence-corrected chi connectivity index (χ4v) is 1.56. The third-order valence-electron chi connectivity index (χ3n) is 2.47. The molecule has 2 aromatic rings. The van der Waals surface area contributed by atoms with E-state index in [1.807, 2.05) is 24.3 Å². The lowest BCUT2D eigenvalue weighted by Gasteiger charge is -2.15. The summed E-state index contributed by atoms with van der Waals surface area (Å²) in [5.74, 6) is -0.190. The van der Waals surface area contributed by atoms with Crippen molar-refractivity contribution in [3.63, 3.8) is 0 Å². The van der Waals surface area contributed by atoms with Gasteiger partial charge in [0.05, 0.1) is 6.07 Å². The van der Waals surface area contributed by atoms with Gasteiger partial charge in [0.1, 0.15) is 11.9 Å². The maximum atomic E-state index is 11.4. The molecule has 0 atom stereocenters. The minimum absolute atomic E-state index is 0.0962. The van der Waals surface area contributed by atoms with E-state index in [9.17, 15) is 4.79 Å². The Labute approximate surface area is 98.3 Å². The van der Waals surface area contributed by atoms with Crippen LogP contribution in [0.3, 0.4) is 0 Å². The lowest BCUT2D eigenvalue weighted by molar-refractivity contribution is -0.129. The number of carbonyl (C=O) groups excluding carboxylic acids is 1. The third kappa shape index (κ3) is 2.42. The Hall–Kier alpha value is -2.35. The molecule has 17 heavy (non-hydrogen) atoms. The van der Waals surface area contributed by atoms with E-state index in [-0.39, 0.29) is 12.3 Å². The molecule has 1 aromatic carbocycles. The molecule has 0 radical (unpaired) electrons. The molecule has 0 saturated heterocycles. The van der Waals surface area contributed by atoms with E-state index >= 15 is 0 Å². The van der Waals surface area contributed by atoms with E-state index in [0.29, 0.717) is 12.1 Å². The molecule has 0 N–H and O–H groups in total. The second-order valence-corrected chi connectivity index (χ2v) is 3.74. The number of oxazole rings is 1. The SMILES string of the molecule is CN(Cc1ccc2ncoc2c1)C(=O)CC#N. The van der Waals surface area contributed by atoms with E-state index < -0.39 is 0 Å². The molecule has 0 aliphatic rings. The Morgan fingerprint density at radius 2 is 2.41 bits per heavy atom. The van der Waals surface area contributed by atoms with Crippen LogP contribution in [0.25, 0.3) is 11.1 Å². The molecule has 0 aliphatic carbocycles. The summed E-state index contributed by atoms with van der Waals surface area (Å²) >= 11 is 0. The highest BCUT2D eigenvalue weighted by atomic mass is 16.3. The van der Waals surface area contributed by atoms with Crippen molar-refractivity contribution in [1.29, 1.82) is 5.26 Å². The number of nitrogens with zero attached hydrogens (tertiary/aromatic N) is 3. The van der Waals surface area contributed by atoms with Crippen molar-refractivity contribution in [2.24, 2.45) is 0 Å². The van der Waals surface area contributed by atoms with Crippen molar-refractivity contribution >= 4 is 17.0 Å². The Morgan fingerprint density at radius 3 is 3.18 bits per heavy atom. The minimum atomic E-state index is -0.190. The number of aromatic nitrogens is 1. The first-order valence-electron chi connectivity index (χ1n) is 5.14. The molecule has 1 aromatic heterocycles. The third-order valence-corrected chi connectivity index (χ3v) is 2.47. The summed E-state index contributed by atoms with van der Waals surface area (Å²) in [6.45, 7) is 0.456. The molecule has 0 bridgehead atoms. The zero-order valence-electron chi connectivity index (χ0n) is 9.38. The predicted molar refractivity (Wildman–Crippen MR) is 60.7 cm³/mol. The van der Waals surface area contributed by atoms with E-state index in [1.165, 1.54) is 11.3 Å². The number of hydrogen-bond donors (Lipinski definition) is 0. The molecule has 0 saturated carbocycles. The molecule has 5 heteroatoms. The molecule has 1 heterocycles. The monoisotopic (exact) mass is 229 g/mol. The molecular weight excluding hydrogens is 218 g/mol.